The molecule has 1 fully saturated rings. The van der Waals surface area contributed by atoms with Gasteiger partial charge in [-0.3, -0.25) is 4.79 Å². The smallest absolute Gasteiger partial charge is 0.223 e. The summed E-state index contributed by atoms with van der Waals surface area (Å²) in [5.41, 5.74) is 2.25. The zero-order valence-electron chi connectivity index (χ0n) is 14.0. The molecule has 1 unspecified atom stereocenters. The summed E-state index contributed by atoms with van der Waals surface area (Å²) in [4.78, 5) is 14.5. The summed E-state index contributed by atoms with van der Waals surface area (Å²) in [5.74, 6) is 1.01. The van der Waals surface area contributed by atoms with Crippen LogP contribution in [0.5, 0.6) is 5.75 Å². The Morgan fingerprint density at radius 2 is 2.04 bits per heavy atom. The third-order valence-electron chi connectivity index (χ3n) is 4.35. The molecule has 3 rings (SSSR count). The number of carbonyl (C=O) groups excluding carboxylic acids is 1. The van der Waals surface area contributed by atoms with Crippen LogP contribution in [0.25, 0.3) is 0 Å². The van der Waals surface area contributed by atoms with Gasteiger partial charge in [0.15, 0.2) is 0 Å². The fourth-order valence-corrected chi connectivity index (χ4v) is 2.98. The molecule has 2 aromatic rings. The second-order valence-corrected chi connectivity index (χ2v) is 5.96. The van der Waals surface area contributed by atoms with E-state index in [-0.39, 0.29) is 12.0 Å². The summed E-state index contributed by atoms with van der Waals surface area (Å²) in [5, 5.41) is 0. The molecule has 4 nitrogen and oxygen atoms in total. The first-order valence-corrected chi connectivity index (χ1v) is 8.33. The van der Waals surface area contributed by atoms with Gasteiger partial charge in [0, 0.05) is 13.0 Å². The van der Waals surface area contributed by atoms with Gasteiger partial charge >= 0.3 is 0 Å². The topological polar surface area (TPSA) is 38.8 Å². The molecule has 4 heteroatoms. The Balaban J connectivity index is 1.56. The summed E-state index contributed by atoms with van der Waals surface area (Å²) >= 11 is 0. The predicted octanol–water partition coefficient (Wildman–Crippen LogP) is 3.23. The van der Waals surface area contributed by atoms with E-state index >= 15 is 0 Å². The number of hydrogen-bond acceptors (Lipinski definition) is 3. The standard InChI is InChI=1S/C20H23NO3/c1-23-18-9-5-6-16(14-18)10-11-20(22)21-12-13-24-19(15-21)17-7-3-2-4-8-17/h2-9,14,19H,10-13,15H2,1H3. The van der Waals surface area contributed by atoms with Gasteiger partial charge in [-0.25, -0.2) is 0 Å². The normalized spacial score (nSPS) is 17.5. The largest absolute Gasteiger partial charge is 0.497 e. The Hall–Kier alpha value is -2.33. The molecule has 0 spiro atoms. The van der Waals surface area contributed by atoms with Gasteiger partial charge < -0.3 is 14.4 Å². The van der Waals surface area contributed by atoms with Gasteiger partial charge in [-0.05, 0) is 29.7 Å². The van der Waals surface area contributed by atoms with Gasteiger partial charge in [-0.15, -0.1) is 0 Å². The third kappa shape index (κ3) is 4.15. The highest BCUT2D eigenvalue weighted by Crippen LogP contribution is 2.22. The molecule has 2 aromatic carbocycles. The summed E-state index contributed by atoms with van der Waals surface area (Å²) < 4.78 is 11.1. The van der Waals surface area contributed by atoms with Crippen LogP contribution in [-0.2, 0) is 16.0 Å². The second kappa shape index (κ2) is 7.97. The zero-order chi connectivity index (χ0) is 16.8. The second-order valence-electron chi connectivity index (χ2n) is 5.96. The van der Waals surface area contributed by atoms with Gasteiger partial charge in [0.25, 0.3) is 0 Å². The average Bonchev–Trinajstić information content (AvgIpc) is 2.67. The molecular formula is C20H23NO3. The first-order chi connectivity index (χ1) is 11.8. The Morgan fingerprint density at radius 1 is 1.21 bits per heavy atom. The molecule has 1 amide bonds. The number of ether oxygens (including phenoxy) is 2. The van der Waals surface area contributed by atoms with Gasteiger partial charge in [0.05, 0.1) is 20.3 Å². The van der Waals surface area contributed by atoms with E-state index in [1.54, 1.807) is 7.11 Å². The molecule has 1 atom stereocenters. The fraction of sp³-hybridized carbons (Fsp3) is 0.350. The highest BCUT2D eigenvalue weighted by molar-refractivity contribution is 5.76. The maximum atomic E-state index is 12.5. The van der Waals surface area contributed by atoms with Gasteiger partial charge in [0.1, 0.15) is 11.9 Å². The van der Waals surface area contributed by atoms with Crippen LogP contribution in [0.3, 0.4) is 0 Å². The Labute approximate surface area is 143 Å². The van der Waals surface area contributed by atoms with E-state index in [1.807, 2.05) is 47.4 Å². The lowest BCUT2D eigenvalue weighted by molar-refractivity contribution is -0.139. The van der Waals surface area contributed by atoms with Crippen LogP contribution >= 0.6 is 0 Å². The van der Waals surface area contributed by atoms with E-state index in [0.29, 0.717) is 26.1 Å². The quantitative estimate of drug-likeness (QED) is 0.847. The van der Waals surface area contributed by atoms with Crippen molar-refractivity contribution in [3.63, 3.8) is 0 Å². The third-order valence-corrected chi connectivity index (χ3v) is 4.35. The summed E-state index contributed by atoms with van der Waals surface area (Å²) in [6, 6.07) is 18.0. The van der Waals surface area contributed by atoms with E-state index < -0.39 is 0 Å². The molecule has 24 heavy (non-hydrogen) atoms. The predicted molar refractivity (Wildman–Crippen MR) is 93.0 cm³/mol. The van der Waals surface area contributed by atoms with Crippen LogP contribution in [0.15, 0.2) is 54.6 Å². The van der Waals surface area contributed by atoms with Crippen molar-refractivity contribution in [2.75, 3.05) is 26.8 Å². The first-order valence-electron chi connectivity index (χ1n) is 8.33. The van der Waals surface area contributed by atoms with Gasteiger partial charge in [0.2, 0.25) is 5.91 Å². The van der Waals surface area contributed by atoms with Crippen LogP contribution in [0.1, 0.15) is 23.7 Å². The molecule has 126 valence electrons. The number of aryl methyl sites for hydroxylation is 1. The number of methoxy groups -OCH3 is 1. The number of carbonyl (C=O) groups is 1. The number of morpholine rings is 1. The Kier molecular flexibility index (Phi) is 5.49. The van der Waals surface area contributed by atoms with Crippen molar-refractivity contribution in [3.05, 3.63) is 65.7 Å². The maximum Gasteiger partial charge on any atom is 0.223 e. The fourth-order valence-electron chi connectivity index (χ4n) is 2.98. The Bertz CT molecular complexity index is 672. The van der Waals surface area contributed by atoms with Crippen LogP contribution in [-0.4, -0.2) is 37.6 Å². The number of rotatable bonds is 5. The maximum absolute atomic E-state index is 12.5. The van der Waals surface area contributed by atoms with E-state index in [4.69, 9.17) is 9.47 Å². The first kappa shape index (κ1) is 16.5. The number of amides is 1. The summed E-state index contributed by atoms with van der Waals surface area (Å²) in [6.45, 7) is 1.88. The van der Waals surface area contributed by atoms with E-state index in [2.05, 4.69) is 12.1 Å². The molecule has 1 aliphatic rings. The molecular weight excluding hydrogens is 302 g/mol. The Morgan fingerprint density at radius 3 is 2.83 bits per heavy atom. The molecule has 0 bridgehead atoms. The molecule has 0 N–H and O–H groups in total. The van der Waals surface area contributed by atoms with Crippen molar-refractivity contribution >= 4 is 5.91 Å². The minimum absolute atomic E-state index is 0.0271. The lowest BCUT2D eigenvalue weighted by Crippen LogP contribution is -2.42. The van der Waals surface area contributed by atoms with Crippen molar-refractivity contribution < 1.29 is 14.3 Å². The summed E-state index contributed by atoms with van der Waals surface area (Å²) in [6.07, 6.45) is 1.21. The summed E-state index contributed by atoms with van der Waals surface area (Å²) in [7, 11) is 1.65. The highest BCUT2D eigenvalue weighted by Gasteiger charge is 2.24. The van der Waals surface area contributed by atoms with Crippen molar-refractivity contribution in [2.45, 2.75) is 18.9 Å². The molecule has 0 saturated carbocycles. The SMILES string of the molecule is COc1cccc(CCC(=O)N2CCOC(c3ccccc3)C2)c1. The van der Waals surface area contributed by atoms with Gasteiger partial charge in [-0.1, -0.05) is 42.5 Å². The van der Waals surface area contributed by atoms with E-state index in [9.17, 15) is 4.79 Å². The highest BCUT2D eigenvalue weighted by atomic mass is 16.5. The zero-order valence-corrected chi connectivity index (χ0v) is 14.0. The van der Waals surface area contributed by atoms with E-state index in [0.717, 1.165) is 23.3 Å². The minimum Gasteiger partial charge on any atom is -0.497 e. The molecule has 0 aliphatic carbocycles. The number of hydrogen-bond donors (Lipinski definition) is 0. The van der Waals surface area contributed by atoms with Gasteiger partial charge in [-0.2, -0.15) is 0 Å². The van der Waals surface area contributed by atoms with Crippen molar-refractivity contribution in [1.82, 2.24) is 4.90 Å². The van der Waals surface area contributed by atoms with Crippen LogP contribution < -0.4 is 4.74 Å². The molecule has 0 radical (unpaired) electrons. The van der Waals surface area contributed by atoms with Crippen LogP contribution in [0.4, 0.5) is 0 Å². The number of nitrogens with zero attached hydrogens (tertiary/aromatic N) is 1. The van der Waals surface area contributed by atoms with E-state index in [1.165, 1.54) is 0 Å². The molecule has 1 saturated heterocycles. The molecule has 1 heterocycles. The van der Waals surface area contributed by atoms with Crippen molar-refractivity contribution in [3.8, 4) is 5.75 Å². The van der Waals surface area contributed by atoms with Crippen LogP contribution in [0, 0.1) is 0 Å². The van der Waals surface area contributed by atoms with Crippen molar-refractivity contribution in [1.29, 1.82) is 0 Å². The molecule has 0 aromatic heterocycles. The average molecular weight is 325 g/mol. The monoisotopic (exact) mass is 325 g/mol. The van der Waals surface area contributed by atoms with Crippen molar-refractivity contribution in [2.24, 2.45) is 0 Å². The molecule has 1 aliphatic heterocycles. The lowest BCUT2D eigenvalue weighted by Gasteiger charge is -2.33. The minimum atomic E-state index is -0.0271. The lowest BCUT2D eigenvalue weighted by atomic mass is 10.1. The number of benzene rings is 2. The van der Waals surface area contributed by atoms with Crippen LogP contribution in [0.2, 0.25) is 0 Å².